The van der Waals surface area contributed by atoms with Gasteiger partial charge in [-0.05, 0) is 37.1 Å². The number of aromatic nitrogens is 2. The second-order valence-corrected chi connectivity index (χ2v) is 5.90. The fourth-order valence-corrected chi connectivity index (χ4v) is 2.24. The first-order valence-corrected chi connectivity index (χ1v) is 7.86. The van der Waals surface area contributed by atoms with Crippen LogP contribution in [0, 0.1) is 0 Å². The number of hydrogen-bond acceptors (Lipinski definition) is 6. The number of urea groups is 1. The van der Waals surface area contributed by atoms with Gasteiger partial charge in [-0.2, -0.15) is 13.8 Å². The Hall–Kier alpha value is -3.01. The molecule has 1 fully saturated rings. The van der Waals surface area contributed by atoms with Gasteiger partial charge in [0.1, 0.15) is 5.75 Å². The molecule has 8 nitrogen and oxygen atoms in total. The van der Waals surface area contributed by atoms with Crippen molar-refractivity contribution >= 4 is 23.5 Å². The third kappa shape index (κ3) is 4.99. The number of nitrogens with zero attached hydrogens (tertiary/aromatic N) is 2. The average molecular weight is 365 g/mol. The number of halogens is 2. The average Bonchev–Trinajstić information content (AvgIpc) is 3.40. The molecule has 1 aliphatic carbocycles. The maximum Gasteiger partial charge on any atom is 0.394 e. The molecule has 0 saturated heterocycles. The minimum absolute atomic E-state index is 0.0254. The van der Waals surface area contributed by atoms with E-state index in [9.17, 15) is 13.6 Å². The molecule has 0 bridgehead atoms. The standard InChI is InChI=1S/C16H17F2N5O3/c1-16(17,18)26-11-6-4-10(5-7-11)19-15(24)22-14-20-12(9-2-3-9)8-13(21-14)23-25/h4-9,25H,2-3H2,1H3,(H3,19,20,21,22,23,24). The van der Waals surface area contributed by atoms with Crippen molar-refractivity contribution in [1.29, 1.82) is 0 Å². The second kappa shape index (κ2) is 7.08. The van der Waals surface area contributed by atoms with Gasteiger partial charge in [0.2, 0.25) is 5.95 Å². The molecule has 1 aromatic carbocycles. The minimum atomic E-state index is -3.28. The van der Waals surface area contributed by atoms with Crippen molar-refractivity contribution in [2.24, 2.45) is 0 Å². The first-order chi connectivity index (χ1) is 12.3. The van der Waals surface area contributed by atoms with E-state index < -0.39 is 12.1 Å². The summed E-state index contributed by atoms with van der Waals surface area (Å²) in [6.07, 6.45) is -1.29. The summed E-state index contributed by atoms with van der Waals surface area (Å²) in [5.41, 5.74) is 3.04. The number of nitrogens with one attached hydrogen (secondary N) is 3. The molecule has 0 aliphatic heterocycles. The lowest BCUT2D eigenvalue weighted by Gasteiger charge is -2.13. The Morgan fingerprint density at radius 3 is 2.50 bits per heavy atom. The summed E-state index contributed by atoms with van der Waals surface area (Å²) < 4.78 is 30.0. The Labute approximate surface area is 147 Å². The highest BCUT2D eigenvalue weighted by atomic mass is 19.3. The van der Waals surface area contributed by atoms with Crippen LogP contribution in [0.1, 0.15) is 31.4 Å². The molecule has 1 aliphatic rings. The zero-order valence-corrected chi connectivity index (χ0v) is 13.8. The molecule has 1 aromatic heterocycles. The van der Waals surface area contributed by atoms with Crippen molar-refractivity contribution < 1.29 is 23.5 Å². The Kier molecular flexibility index (Phi) is 4.85. The summed E-state index contributed by atoms with van der Waals surface area (Å²) >= 11 is 0. The number of amides is 2. The monoisotopic (exact) mass is 365 g/mol. The van der Waals surface area contributed by atoms with E-state index >= 15 is 0 Å². The predicted molar refractivity (Wildman–Crippen MR) is 89.7 cm³/mol. The SMILES string of the molecule is CC(F)(F)Oc1ccc(NC(=O)Nc2nc(NO)cc(C3CC3)n2)cc1. The molecule has 2 amide bonds. The zero-order valence-electron chi connectivity index (χ0n) is 13.8. The maximum atomic E-state index is 12.8. The van der Waals surface area contributed by atoms with Crippen LogP contribution in [0.3, 0.4) is 0 Å². The van der Waals surface area contributed by atoms with Crippen LogP contribution in [-0.4, -0.2) is 27.3 Å². The van der Waals surface area contributed by atoms with Gasteiger partial charge in [-0.25, -0.2) is 9.78 Å². The quantitative estimate of drug-likeness (QED) is 0.580. The highest BCUT2D eigenvalue weighted by Gasteiger charge is 2.26. The third-order valence-corrected chi connectivity index (χ3v) is 3.49. The van der Waals surface area contributed by atoms with Gasteiger partial charge in [0.05, 0.1) is 5.69 Å². The first kappa shape index (κ1) is 17.8. The summed E-state index contributed by atoms with van der Waals surface area (Å²) in [7, 11) is 0. The van der Waals surface area contributed by atoms with Crippen molar-refractivity contribution in [3.05, 3.63) is 36.0 Å². The molecular formula is C16H17F2N5O3. The van der Waals surface area contributed by atoms with Crippen LogP contribution >= 0.6 is 0 Å². The molecule has 0 radical (unpaired) electrons. The highest BCUT2D eigenvalue weighted by Crippen LogP contribution is 2.39. The van der Waals surface area contributed by atoms with Gasteiger partial charge in [-0.15, -0.1) is 0 Å². The molecule has 0 unspecified atom stereocenters. The third-order valence-electron chi connectivity index (χ3n) is 3.49. The molecule has 0 spiro atoms. The van der Waals surface area contributed by atoms with E-state index in [0.29, 0.717) is 18.5 Å². The number of benzene rings is 1. The number of alkyl halides is 2. The predicted octanol–water partition coefficient (Wildman–Crippen LogP) is 3.79. The lowest BCUT2D eigenvalue weighted by molar-refractivity contribution is -0.158. The number of carbonyl (C=O) groups excluding carboxylic acids is 1. The van der Waals surface area contributed by atoms with Gasteiger partial charge in [0.25, 0.3) is 0 Å². The van der Waals surface area contributed by atoms with Crippen molar-refractivity contribution in [2.45, 2.75) is 31.8 Å². The topological polar surface area (TPSA) is 108 Å². The van der Waals surface area contributed by atoms with Gasteiger partial charge in [-0.1, -0.05) is 0 Å². The minimum Gasteiger partial charge on any atom is -0.433 e. The second-order valence-electron chi connectivity index (χ2n) is 5.90. The number of anilines is 3. The van der Waals surface area contributed by atoms with E-state index in [4.69, 9.17) is 5.21 Å². The van der Waals surface area contributed by atoms with Gasteiger partial charge in [-0.3, -0.25) is 16.0 Å². The molecule has 0 atom stereocenters. The fourth-order valence-electron chi connectivity index (χ4n) is 2.24. The number of rotatable bonds is 6. The Morgan fingerprint density at radius 2 is 1.92 bits per heavy atom. The van der Waals surface area contributed by atoms with Gasteiger partial charge < -0.3 is 10.1 Å². The molecule has 4 N–H and O–H groups in total. The van der Waals surface area contributed by atoms with Crippen LogP contribution in [0.5, 0.6) is 5.75 Å². The van der Waals surface area contributed by atoms with E-state index in [-0.39, 0.29) is 17.5 Å². The summed E-state index contributed by atoms with van der Waals surface area (Å²) in [4.78, 5) is 20.2. The maximum absolute atomic E-state index is 12.8. The van der Waals surface area contributed by atoms with E-state index in [0.717, 1.165) is 18.5 Å². The summed E-state index contributed by atoms with van der Waals surface area (Å²) in [5, 5.41) is 14.0. The normalized spacial score (nSPS) is 13.8. The van der Waals surface area contributed by atoms with Gasteiger partial charge >= 0.3 is 12.1 Å². The van der Waals surface area contributed by atoms with Crippen molar-refractivity contribution in [2.75, 3.05) is 16.1 Å². The Balaban J connectivity index is 1.63. The Bertz CT molecular complexity index is 791. The van der Waals surface area contributed by atoms with Crippen molar-refractivity contribution in [3.8, 4) is 5.75 Å². The van der Waals surface area contributed by atoms with Crippen LogP contribution in [0.25, 0.3) is 0 Å². The van der Waals surface area contributed by atoms with E-state index in [1.54, 1.807) is 6.07 Å². The molecule has 1 heterocycles. The van der Waals surface area contributed by atoms with E-state index in [2.05, 4.69) is 25.3 Å². The lowest BCUT2D eigenvalue weighted by atomic mass is 10.3. The molecule has 2 aromatic rings. The van der Waals surface area contributed by atoms with E-state index in [1.807, 2.05) is 5.48 Å². The van der Waals surface area contributed by atoms with Crippen molar-refractivity contribution in [1.82, 2.24) is 9.97 Å². The molecule has 10 heteroatoms. The summed E-state index contributed by atoms with van der Waals surface area (Å²) in [6, 6.07) is 6.46. The first-order valence-electron chi connectivity index (χ1n) is 7.86. The zero-order chi connectivity index (χ0) is 18.7. The smallest absolute Gasteiger partial charge is 0.394 e. The van der Waals surface area contributed by atoms with Gasteiger partial charge in [0.15, 0.2) is 5.82 Å². The molecular weight excluding hydrogens is 348 g/mol. The van der Waals surface area contributed by atoms with Gasteiger partial charge in [0, 0.05) is 24.6 Å². The largest absolute Gasteiger partial charge is 0.433 e. The fraction of sp³-hybridized carbons (Fsp3) is 0.312. The summed E-state index contributed by atoms with van der Waals surface area (Å²) in [5.74, 6) is 0.494. The number of carbonyl (C=O) groups is 1. The Morgan fingerprint density at radius 1 is 1.23 bits per heavy atom. The molecule has 26 heavy (non-hydrogen) atoms. The number of hydrogen-bond donors (Lipinski definition) is 4. The van der Waals surface area contributed by atoms with Crippen LogP contribution < -0.4 is 20.9 Å². The summed E-state index contributed by atoms with van der Waals surface area (Å²) in [6.45, 7) is 0.637. The molecule has 138 valence electrons. The van der Waals surface area contributed by atoms with Crippen LogP contribution in [0.2, 0.25) is 0 Å². The van der Waals surface area contributed by atoms with Crippen LogP contribution in [0.15, 0.2) is 30.3 Å². The lowest BCUT2D eigenvalue weighted by Crippen LogP contribution is -2.21. The van der Waals surface area contributed by atoms with E-state index in [1.165, 1.54) is 24.3 Å². The van der Waals surface area contributed by atoms with Crippen LogP contribution in [0.4, 0.5) is 31.0 Å². The van der Waals surface area contributed by atoms with Crippen molar-refractivity contribution in [3.63, 3.8) is 0 Å². The number of ether oxygens (including phenoxy) is 1. The van der Waals surface area contributed by atoms with Crippen LogP contribution in [-0.2, 0) is 0 Å². The molecule has 3 rings (SSSR count). The molecule has 1 saturated carbocycles. The highest BCUT2D eigenvalue weighted by molar-refractivity contribution is 5.98.